The molecule has 0 spiro atoms. The number of carbonyl (C=O) groups excluding carboxylic acids is 2. The normalized spacial score (nSPS) is 9.41. The van der Waals surface area contributed by atoms with E-state index < -0.39 is 0 Å². The van der Waals surface area contributed by atoms with E-state index in [9.17, 15) is 9.59 Å². The van der Waals surface area contributed by atoms with E-state index in [2.05, 4.69) is 35.9 Å². The van der Waals surface area contributed by atoms with Crippen LogP contribution in [0.5, 0.6) is 0 Å². The van der Waals surface area contributed by atoms with Gasteiger partial charge < -0.3 is 35.9 Å². The van der Waals surface area contributed by atoms with Gasteiger partial charge in [0.2, 0.25) is 0 Å². The molecule has 27 heavy (non-hydrogen) atoms. The Kier molecular flexibility index (Phi) is 12.2. The van der Waals surface area contributed by atoms with Crippen molar-refractivity contribution in [2.24, 2.45) is 0 Å². The maximum Gasteiger partial charge on any atom is 2.00 e. The first-order chi connectivity index (χ1) is 12.3. The molecule has 0 aromatic heterocycles. The Bertz CT molecular complexity index is 717. The van der Waals surface area contributed by atoms with E-state index >= 15 is 0 Å². The number of nitrogens with one attached hydrogen (secondary N) is 2. The Balaban J connectivity index is 0.000000483. The molecule has 0 heterocycles. The first-order valence-electron chi connectivity index (χ1n) is 8.18. The molecule has 0 atom stereocenters. The van der Waals surface area contributed by atoms with Crippen molar-refractivity contribution in [2.45, 2.75) is 27.7 Å². The summed E-state index contributed by atoms with van der Waals surface area (Å²) in [7, 11) is 0. The van der Waals surface area contributed by atoms with Gasteiger partial charge in [-0.05, 0) is 62.1 Å². The Morgan fingerprint density at radius 3 is 1.37 bits per heavy atom. The molecule has 2 aromatic carbocycles. The molecule has 2 rings (SSSR count). The monoisotopic (exact) mass is 443 g/mol. The molecule has 0 aliphatic heterocycles. The van der Waals surface area contributed by atoms with E-state index in [0.717, 1.165) is 22.5 Å². The van der Waals surface area contributed by atoms with Crippen LogP contribution in [0.25, 0.3) is 0 Å². The van der Waals surface area contributed by atoms with Crippen LogP contribution >= 0.6 is 0 Å². The summed E-state index contributed by atoms with van der Waals surface area (Å²) < 4.78 is 0. The molecule has 0 fully saturated rings. The summed E-state index contributed by atoms with van der Waals surface area (Å²) in [5.41, 5.74) is 6.24. The van der Waals surface area contributed by atoms with Crippen LogP contribution in [-0.4, -0.2) is 23.3 Å². The Labute approximate surface area is 183 Å². The maximum absolute atomic E-state index is 11.0. The van der Waals surface area contributed by atoms with Gasteiger partial charge in [-0.1, -0.05) is 35.8 Å². The second-order valence-electron chi connectivity index (χ2n) is 5.88. The van der Waals surface area contributed by atoms with Crippen molar-refractivity contribution in [1.29, 1.82) is 0 Å². The van der Waals surface area contributed by atoms with Crippen molar-refractivity contribution >= 4 is 48.4 Å². The number of benzene rings is 2. The van der Waals surface area contributed by atoms with E-state index in [1.165, 1.54) is 11.1 Å². The minimum atomic E-state index is -0.122. The summed E-state index contributed by atoms with van der Waals surface area (Å²) in [5.74, 6) is -0.0341. The number of anilines is 2. The molecule has 0 bridgehead atoms. The van der Waals surface area contributed by atoms with Gasteiger partial charge in [0.15, 0.2) is 11.8 Å². The molecular weight excluding hydrogens is 419 g/mol. The van der Waals surface area contributed by atoms with Crippen molar-refractivity contribution in [1.82, 2.24) is 0 Å². The minimum Gasteiger partial charge on any atom is -0.783 e. The van der Waals surface area contributed by atoms with Gasteiger partial charge in [-0.25, -0.2) is 0 Å². The summed E-state index contributed by atoms with van der Waals surface area (Å²) in [6, 6.07) is 11.6. The molecule has 0 saturated heterocycles. The Morgan fingerprint density at radius 1 is 0.741 bits per heavy atom. The van der Waals surface area contributed by atoms with Crippen molar-refractivity contribution in [3.05, 3.63) is 58.7 Å². The van der Waals surface area contributed by atoms with Crippen LogP contribution in [0.15, 0.2) is 36.4 Å². The smallest absolute Gasteiger partial charge is 0.783 e. The zero-order valence-corrected chi connectivity index (χ0v) is 18.7. The second-order valence-corrected chi connectivity index (χ2v) is 6.46. The zero-order chi connectivity index (χ0) is 19.7. The van der Waals surface area contributed by atoms with Gasteiger partial charge >= 0.3 is 17.1 Å². The fourth-order valence-electron chi connectivity index (χ4n) is 2.15. The van der Waals surface area contributed by atoms with Gasteiger partial charge in [-0.3, -0.25) is 9.59 Å². The van der Waals surface area contributed by atoms with Crippen LogP contribution in [0, 0.1) is 27.7 Å². The third-order valence-corrected chi connectivity index (χ3v) is 4.54. The van der Waals surface area contributed by atoms with Crippen LogP contribution in [0.1, 0.15) is 22.3 Å². The topological polar surface area (TPSA) is 58.2 Å². The van der Waals surface area contributed by atoms with E-state index in [-0.39, 0.29) is 40.4 Å². The standard InChI is InChI=1S/2C10H13NOS.Mn/c2*1-7-4-3-5-9(8(7)2)11-10(12)6-13;/h2*3-5,13H,6H2,1-2H3,(H,11,12);/q;;+2/p-2. The molecule has 0 aliphatic rings. The van der Waals surface area contributed by atoms with Crippen molar-refractivity contribution in [2.75, 3.05) is 22.1 Å². The van der Waals surface area contributed by atoms with Crippen LogP contribution in [0.4, 0.5) is 11.4 Å². The van der Waals surface area contributed by atoms with Gasteiger partial charge in [-0.2, -0.15) is 0 Å². The molecule has 7 heteroatoms. The van der Waals surface area contributed by atoms with E-state index in [1.54, 1.807) is 0 Å². The molecule has 2 N–H and O–H groups in total. The van der Waals surface area contributed by atoms with E-state index in [1.807, 2.05) is 64.1 Å². The third-order valence-electron chi connectivity index (χ3n) is 4.02. The SMILES string of the molecule is Cc1cccc(NC(=O)C[S-])c1C.Cc1cccc(NC(=O)C[S-])c1C.[Mn+2]. The number of rotatable bonds is 4. The van der Waals surface area contributed by atoms with E-state index in [0.29, 0.717) is 0 Å². The van der Waals surface area contributed by atoms with Gasteiger partial charge in [-0.15, -0.1) is 0 Å². The fourth-order valence-corrected chi connectivity index (χ4v) is 2.29. The van der Waals surface area contributed by atoms with Gasteiger partial charge in [0.1, 0.15) is 0 Å². The molecule has 2 amide bonds. The Hall–Kier alpha value is -1.40. The predicted molar refractivity (Wildman–Crippen MR) is 114 cm³/mol. The molecule has 0 unspecified atom stereocenters. The molecule has 4 nitrogen and oxygen atoms in total. The fraction of sp³-hybridized carbons (Fsp3) is 0.300. The van der Waals surface area contributed by atoms with Crippen LogP contribution in [-0.2, 0) is 51.9 Å². The Morgan fingerprint density at radius 2 is 1.07 bits per heavy atom. The van der Waals surface area contributed by atoms with E-state index in [4.69, 9.17) is 0 Å². The van der Waals surface area contributed by atoms with Gasteiger partial charge in [0.25, 0.3) is 0 Å². The van der Waals surface area contributed by atoms with Crippen LogP contribution < -0.4 is 10.6 Å². The summed E-state index contributed by atoms with van der Waals surface area (Å²) in [4.78, 5) is 22.1. The van der Waals surface area contributed by atoms with Crippen LogP contribution in [0.3, 0.4) is 0 Å². The van der Waals surface area contributed by atoms with Gasteiger partial charge in [0.05, 0.1) is 0 Å². The molecule has 1 radical (unpaired) electrons. The largest absolute Gasteiger partial charge is 2.00 e. The quantitative estimate of drug-likeness (QED) is 0.560. The van der Waals surface area contributed by atoms with Crippen LogP contribution in [0.2, 0.25) is 0 Å². The van der Waals surface area contributed by atoms with Gasteiger partial charge in [0, 0.05) is 11.4 Å². The van der Waals surface area contributed by atoms with Crippen molar-refractivity contribution < 1.29 is 26.7 Å². The minimum absolute atomic E-state index is 0. The first-order valence-corrected chi connectivity index (χ1v) is 9.34. The van der Waals surface area contributed by atoms with Crippen molar-refractivity contribution in [3.8, 4) is 0 Å². The first kappa shape index (κ1) is 25.6. The molecule has 0 saturated carbocycles. The number of hydrogen-bond acceptors (Lipinski definition) is 4. The van der Waals surface area contributed by atoms with Crippen molar-refractivity contribution in [3.63, 3.8) is 0 Å². The molecule has 0 aliphatic carbocycles. The number of hydrogen-bond donors (Lipinski definition) is 2. The maximum atomic E-state index is 11.0. The zero-order valence-electron chi connectivity index (χ0n) is 15.9. The number of carbonyl (C=O) groups is 2. The number of aryl methyl sites for hydroxylation is 2. The second kappa shape index (κ2) is 12.9. The molecular formula is C20H24MnN2O2S2. The average molecular weight is 443 g/mol. The summed E-state index contributed by atoms with van der Waals surface area (Å²) in [5, 5.41) is 5.52. The summed E-state index contributed by atoms with van der Waals surface area (Å²) in [6.45, 7) is 7.99. The molecule has 145 valence electrons. The predicted octanol–water partition coefficient (Wildman–Crippen LogP) is 3.58. The average Bonchev–Trinajstić information content (AvgIpc) is 2.63. The molecule has 2 aromatic rings. The summed E-state index contributed by atoms with van der Waals surface area (Å²) >= 11 is 9.28. The summed E-state index contributed by atoms with van der Waals surface area (Å²) in [6.07, 6.45) is 0. The number of amides is 2. The third kappa shape index (κ3) is 8.43.